The van der Waals surface area contributed by atoms with Gasteiger partial charge in [-0.25, -0.2) is 25.3 Å². The number of benzene rings is 1. The Morgan fingerprint density at radius 2 is 0.896 bits per heavy atom. The number of anilines is 3. The summed E-state index contributed by atoms with van der Waals surface area (Å²) in [5.74, 6) is 0.691. The number of aryl methyl sites for hydroxylation is 2. The van der Waals surface area contributed by atoms with Crippen molar-refractivity contribution in [3.05, 3.63) is 125 Å². The van der Waals surface area contributed by atoms with E-state index in [1.165, 1.54) is 123 Å². The van der Waals surface area contributed by atoms with E-state index in [-0.39, 0.29) is 35.9 Å². The number of thiocyanates is 2. The fourth-order valence-electron chi connectivity index (χ4n) is 7.26. The number of carboxylic acid groups (broad SMARTS) is 1. The van der Waals surface area contributed by atoms with Crippen molar-refractivity contribution in [2.75, 3.05) is 4.90 Å². The molecule has 0 radical (unpaired) electrons. The van der Waals surface area contributed by atoms with Gasteiger partial charge in [0.05, 0.1) is 17.0 Å². The third kappa shape index (κ3) is 23.6. The molecule has 4 heterocycles. The topological polar surface area (TPSA) is 140 Å². The summed E-state index contributed by atoms with van der Waals surface area (Å²) in [5, 5.41) is 26.3. The number of rotatable bonds is 21. The molecule has 1 aromatic carbocycles. The predicted molar refractivity (Wildman–Crippen MR) is 278 cm³/mol. The molecule has 4 aromatic heterocycles. The molecule has 5 aromatic rings. The average molecular weight is 1030 g/mol. The molecule has 9 nitrogen and oxygen atoms in total. The Labute approximate surface area is 427 Å². The maximum Gasteiger partial charge on any atom is 2.00 e. The zero-order valence-electron chi connectivity index (χ0n) is 41.2. The van der Waals surface area contributed by atoms with Gasteiger partial charge >= 0.3 is 25.4 Å². The number of aromatic nitrogens is 4. The first-order valence-electron chi connectivity index (χ1n) is 23.6. The summed E-state index contributed by atoms with van der Waals surface area (Å²) >= 11 is 7.40. The Kier molecular flexibility index (Phi) is 30.1. The van der Waals surface area contributed by atoms with Crippen LogP contribution in [0.1, 0.15) is 178 Å². The number of carbonyl (C=O) groups is 1. The smallest absolute Gasteiger partial charge is 0.696 e. The molecule has 0 aliphatic carbocycles. The van der Waals surface area contributed by atoms with Crippen LogP contribution in [0.5, 0.6) is 0 Å². The van der Waals surface area contributed by atoms with E-state index in [0.29, 0.717) is 0 Å². The summed E-state index contributed by atoms with van der Waals surface area (Å²) < 4.78 is 0. The van der Waals surface area contributed by atoms with Crippen LogP contribution in [0.15, 0.2) is 97.6 Å². The number of carboxylic acids is 1. The van der Waals surface area contributed by atoms with Crippen LogP contribution in [0.25, 0.3) is 11.4 Å². The predicted octanol–water partition coefficient (Wildman–Crippen LogP) is 15.0. The molecule has 0 bridgehead atoms. The van der Waals surface area contributed by atoms with Crippen LogP contribution in [0, 0.1) is 21.3 Å². The number of aromatic carboxylic acids is 1. The van der Waals surface area contributed by atoms with Gasteiger partial charge in [0.15, 0.2) is 0 Å². The van der Waals surface area contributed by atoms with Crippen molar-refractivity contribution >= 4 is 48.5 Å². The standard InChI is InChI=1S/C35H49N3O2.C18H24N2.2CHNS.Ru/c1-3-5-7-9-11-13-15-17-29-23-25-36-33(27-29)38(32-21-19-31(20-22-32)35(39)40)34-28-30(24-26-37-34)18-16-14-12-10-8-6-4-2;1-17(2,3)13-7-9-19-15(11-13)16-12-14(8-10-20-16)18(4,5)6;2*2-1-3;/h19-28H,3-18H2,1-2H3,(H,39,40);7-12H,1-6H3;2*3H;/q;;;;+2/p-2. The first-order chi connectivity index (χ1) is 31.6. The second kappa shape index (κ2) is 33.6. The molecule has 0 fully saturated rings. The Morgan fingerprint density at radius 3 is 1.24 bits per heavy atom. The van der Waals surface area contributed by atoms with Crippen molar-refractivity contribution in [2.45, 2.75) is 169 Å². The number of hydrogen-bond acceptors (Lipinski definition) is 10. The van der Waals surface area contributed by atoms with E-state index in [1.54, 1.807) is 12.1 Å². The van der Waals surface area contributed by atoms with Crippen molar-refractivity contribution in [1.82, 2.24) is 19.9 Å². The number of nitriles is 2. The minimum absolute atomic E-state index is 0. The quantitative estimate of drug-likeness (QED) is 0.0325. The van der Waals surface area contributed by atoms with Gasteiger partial charge in [-0.15, -0.1) is 0 Å². The summed E-state index contributed by atoms with van der Waals surface area (Å²) in [5.41, 5.74) is 8.37. The molecular weight excluding hydrogens is 956 g/mol. The molecule has 0 unspecified atom stereocenters. The first kappa shape index (κ1) is 60.1. The van der Waals surface area contributed by atoms with Gasteiger partial charge in [0.25, 0.3) is 0 Å². The van der Waals surface area contributed by atoms with Crippen molar-refractivity contribution in [3.63, 3.8) is 0 Å². The molecule has 67 heavy (non-hydrogen) atoms. The minimum atomic E-state index is -0.928. The van der Waals surface area contributed by atoms with E-state index in [0.717, 1.165) is 41.6 Å². The molecule has 0 aliphatic heterocycles. The van der Waals surface area contributed by atoms with Crippen LogP contribution in [-0.4, -0.2) is 31.0 Å². The largest absolute Gasteiger partial charge is 2.00 e. The van der Waals surface area contributed by atoms with Gasteiger partial charge in [0.2, 0.25) is 0 Å². The van der Waals surface area contributed by atoms with Crippen LogP contribution in [0.2, 0.25) is 0 Å². The maximum atomic E-state index is 11.5. The Morgan fingerprint density at radius 1 is 0.552 bits per heavy atom. The average Bonchev–Trinajstić information content (AvgIpc) is 3.29. The van der Waals surface area contributed by atoms with Crippen LogP contribution in [0.4, 0.5) is 17.3 Å². The molecule has 360 valence electrons. The zero-order chi connectivity index (χ0) is 48.8. The van der Waals surface area contributed by atoms with E-state index in [4.69, 9.17) is 20.5 Å². The van der Waals surface area contributed by atoms with Gasteiger partial charge < -0.3 is 30.4 Å². The van der Waals surface area contributed by atoms with E-state index < -0.39 is 5.97 Å². The molecule has 1 N–H and O–H groups in total. The van der Waals surface area contributed by atoms with Crippen LogP contribution in [0.3, 0.4) is 0 Å². The molecule has 0 aliphatic rings. The summed E-state index contributed by atoms with van der Waals surface area (Å²) in [6.45, 7) is 17.8. The van der Waals surface area contributed by atoms with Crippen LogP contribution < -0.4 is 4.90 Å². The van der Waals surface area contributed by atoms with E-state index >= 15 is 0 Å². The third-order valence-electron chi connectivity index (χ3n) is 11.1. The SMILES string of the molecule is CC(C)(C)c1ccnc(-c2cc(C(C)(C)C)ccn2)c1.CCCCCCCCCc1ccnc(N(c2ccc(C(=O)O)cc2)c2cc(CCCCCCCCC)ccn2)c1.N#C[S-].N#C[S-].[Ru+2]. The molecule has 12 heteroatoms. The van der Waals surface area contributed by atoms with Crippen molar-refractivity contribution < 1.29 is 29.4 Å². The van der Waals surface area contributed by atoms with E-state index in [1.807, 2.05) is 41.8 Å². The molecule has 0 spiro atoms. The number of nitrogens with zero attached hydrogens (tertiary/aromatic N) is 7. The van der Waals surface area contributed by atoms with Crippen molar-refractivity contribution in [3.8, 4) is 22.2 Å². The molecule has 0 atom stereocenters. The Hall–Kier alpha value is -4.87. The summed E-state index contributed by atoms with van der Waals surface area (Å²) in [7, 11) is 0. The van der Waals surface area contributed by atoms with Gasteiger partial charge in [-0.2, -0.15) is 0 Å². The fraction of sp³-hybridized carbons (Fsp3) is 0.473. The Bertz CT molecular complexity index is 2100. The normalized spacial score (nSPS) is 10.5. The number of unbranched alkanes of at least 4 members (excludes halogenated alkanes) is 12. The second-order valence-corrected chi connectivity index (χ2v) is 18.9. The molecule has 0 saturated heterocycles. The summed E-state index contributed by atoms with van der Waals surface area (Å²) in [4.78, 5) is 32.0. The molecular formula is C55H73N7O2RuS2. The zero-order valence-corrected chi connectivity index (χ0v) is 44.6. The van der Waals surface area contributed by atoms with E-state index in [2.05, 4.69) is 139 Å². The van der Waals surface area contributed by atoms with Gasteiger partial charge in [-0.3, -0.25) is 14.9 Å². The molecule has 0 saturated carbocycles. The van der Waals surface area contributed by atoms with Crippen molar-refractivity contribution in [1.29, 1.82) is 10.5 Å². The monoisotopic (exact) mass is 1030 g/mol. The van der Waals surface area contributed by atoms with Crippen LogP contribution in [-0.2, 0) is 68.4 Å². The summed E-state index contributed by atoms with van der Waals surface area (Å²) in [6.07, 6.45) is 27.6. The molecule has 5 rings (SSSR count). The first-order valence-corrected chi connectivity index (χ1v) is 24.4. The maximum absolute atomic E-state index is 11.5. The van der Waals surface area contributed by atoms with Gasteiger partial charge in [-0.1, -0.05) is 143 Å². The van der Waals surface area contributed by atoms with Crippen molar-refractivity contribution in [2.24, 2.45) is 0 Å². The van der Waals surface area contributed by atoms with Crippen LogP contribution >= 0.6 is 0 Å². The van der Waals surface area contributed by atoms with Gasteiger partial charge in [-0.05, 0) is 132 Å². The van der Waals surface area contributed by atoms with Gasteiger partial charge in [0.1, 0.15) is 11.6 Å². The fourth-order valence-corrected chi connectivity index (χ4v) is 7.26. The Balaban J connectivity index is 0.000000692. The number of pyridine rings is 4. The molecule has 0 amide bonds. The van der Waals surface area contributed by atoms with Gasteiger partial charge in [0, 0.05) is 30.5 Å². The summed E-state index contributed by atoms with van der Waals surface area (Å²) in [6, 6.07) is 24.0. The second-order valence-electron chi connectivity index (χ2n) is 18.5. The number of hydrogen-bond donors (Lipinski definition) is 1. The minimum Gasteiger partial charge on any atom is -0.696 e. The van der Waals surface area contributed by atoms with E-state index in [9.17, 15) is 9.90 Å². The third-order valence-corrected chi connectivity index (χ3v) is 11.1.